The summed E-state index contributed by atoms with van der Waals surface area (Å²) in [5, 5.41) is 16.7. The average molecular weight is 152 g/mol. The third-order valence-corrected chi connectivity index (χ3v) is 0. The summed E-state index contributed by atoms with van der Waals surface area (Å²) in [6.07, 6.45) is -2.33. The molecule has 0 spiro atoms. The van der Waals surface area contributed by atoms with Gasteiger partial charge in [-0.3, -0.25) is 0 Å². The van der Waals surface area contributed by atoms with Crippen LogP contribution in [-0.2, 0) is 5.48 Å². The number of carbonyl (C=O) groups is 1. The molecule has 0 radical (unpaired) electrons. The number of hydrogen-bond acceptors (Lipinski definition) is 3. The molecule has 0 fully saturated rings. The molecule has 8 heavy (non-hydrogen) atoms. The van der Waals surface area contributed by atoms with Crippen LogP contribution >= 0.6 is 0 Å². The minimum Gasteiger partial charge on any atom is -2.00 e. The molecular weight excluding hydrogens is 152 g/mol. The zero-order chi connectivity index (χ0) is 3.58. The second kappa shape index (κ2) is 23.9. The summed E-state index contributed by atoms with van der Waals surface area (Å²) >= 11 is 0. The standard InChI is InChI=1S/CH2O3.Al.2Mg.O/c2-1(3)4;;;;/h(H2,2,3,4);;;;/q;+3;2*+2;-2/p-2. The molecule has 7 heteroatoms. The Labute approximate surface area is 89.4 Å². The van der Waals surface area contributed by atoms with E-state index in [1.165, 1.54) is 0 Å². The fraction of sp³-hybridized carbons (Fsp3) is 0. The number of rotatable bonds is 0. The van der Waals surface area contributed by atoms with E-state index in [1.54, 1.807) is 0 Å². The van der Waals surface area contributed by atoms with Crippen LogP contribution < -0.4 is 10.2 Å². The van der Waals surface area contributed by atoms with Crippen molar-refractivity contribution in [3.05, 3.63) is 0 Å². The van der Waals surface area contributed by atoms with Gasteiger partial charge in [0.2, 0.25) is 0 Å². The normalized spacial score (nSPS) is 3.00. The van der Waals surface area contributed by atoms with Crippen LogP contribution in [0.3, 0.4) is 0 Å². The largest absolute Gasteiger partial charge is 3.00 e. The van der Waals surface area contributed by atoms with Crippen LogP contribution in [-0.4, -0.2) is 69.6 Å². The molecule has 0 unspecified atom stereocenters. The zero-order valence-corrected chi connectivity index (χ0v) is 8.11. The molecule has 0 aromatic rings. The van der Waals surface area contributed by atoms with Gasteiger partial charge in [0, 0.05) is 0 Å². The molecule has 0 aliphatic carbocycles. The monoisotopic (exact) mass is 151 g/mol. The maximum absolute atomic E-state index is 8.33. The van der Waals surface area contributed by atoms with Gasteiger partial charge in [0.05, 0.1) is 0 Å². The van der Waals surface area contributed by atoms with Gasteiger partial charge in [-0.25, -0.2) is 0 Å². The van der Waals surface area contributed by atoms with Crippen molar-refractivity contribution in [3.8, 4) is 0 Å². The van der Waals surface area contributed by atoms with Crippen LogP contribution in [0, 0.1) is 0 Å². The SMILES string of the molecule is O=C([O-])[O-].[Al+3].[Mg+2].[Mg+2].[O-2]. The fourth-order valence-electron chi connectivity index (χ4n) is 0. The van der Waals surface area contributed by atoms with Crippen LogP contribution in [0.25, 0.3) is 0 Å². The van der Waals surface area contributed by atoms with Crippen LogP contribution in [0.4, 0.5) is 4.79 Å². The van der Waals surface area contributed by atoms with Crippen molar-refractivity contribution in [1.29, 1.82) is 0 Å². The smallest absolute Gasteiger partial charge is 2.00 e. The van der Waals surface area contributed by atoms with Crippen LogP contribution in [0.1, 0.15) is 0 Å². The molecular formula is CAlMg2O4+3. The van der Waals surface area contributed by atoms with Crippen LogP contribution in [0.5, 0.6) is 0 Å². The first-order chi connectivity index (χ1) is 1.73. The molecule has 0 N–H and O–H groups in total. The predicted molar refractivity (Wildman–Crippen MR) is 23.3 cm³/mol. The van der Waals surface area contributed by atoms with Gasteiger partial charge in [0.25, 0.3) is 0 Å². The zero-order valence-electron chi connectivity index (χ0n) is 4.12. The minimum atomic E-state index is -2.33. The van der Waals surface area contributed by atoms with Crippen molar-refractivity contribution in [2.24, 2.45) is 0 Å². The van der Waals surface area contributed by atoms with Crippen molar-refractivity contribution >= 4 is 69.6 Å². The quantitative estimate of drug-likeness (QED) is 0.334. The molecule has 4 nitrogen and oxygen atoms in total. The average Bonchev–Trinajstić information content (AvgIpc) is 0.811. The summed E-state index contributed by atoms with van der Waals surface area (Å²) in [5.41, 5.74) is 0. The summed E-state index contributed by atoms with van der Waals surface area (Å²) in [6, 6.07) is 0. The molecule has 0 atom stereocenters. The van der Waals surface area contributed by atoms with Crippen molar-refractivity contribution in [2.45, 2.75) is 0 Å². The maximum atomic E-state index is 8.33. The van der Waals surface area contributed by atoms with Gasteiger partial charge < -0.3 is 20.5 Å². The Hall–Kier alpha value is 1.29. The summed E-state index contributed by atoms with van der Waals surface area (Å²) in [4.78, 5) is 8.33. The second-order valence-electron chi connectivity index (χ2n) is 0.250. The van der Waals surface area contributed by atoms with E-state index in [-0.39, 0.29) is 68.9 Å². The Balaban J connectivity index is -0.00000000750. The summed E-state index contributed by atoms with van der Waals surface area (Å²) < 4.78 is 0. The molecule has 0 rings (SSSR count). The second-order valence-corrected chi connectivity index (χ2v) is 0.250. The van der Waals surface area contributed by atoms with E-state index in [9.17, 15) is 0 Å². The van der Waals surface area contributed by atoms with E-state index in [2.05, 4.69) is 0 Å². The topological polar surface area (TPSA) is 91.7 Å². The Bertz CT molecular complexity index is 37.0. The number of carboxylic acid groups (broad SMARTS) is 2. The first-order valence-corrected chi connectivity index (χ1v) is 0.612. The van der Waals surface area contributed by atoms with E-state index in [0.29, 0.717) is 0 Å². The van der Waals surface area contributed by atoms with Gasteiger partial charge >= 0.3 is 63.5 Å². The number of carbonyl (C=O) groups excluding carboxylic acids is 1. The van der Waals surface area contributed by atoms with Gasteiger partial charge in [-0.05, 0) is 6.16 Å². The van der Waals surface area contributed by atoms with Crippen LogP contribution in [0.2, 0.25) is 0 Å². The molecule has 0 aromatic carbocycles. The van der Waals surface area contributed by atoms with Gasteiger partial charge in [0.1, 0.15) is 0 Å². The van der Waals surface area contributed by atoms with Crippen LogP contribution in [0.15, 0.2) is 0 Å². The molecule has 0 heterocycles. The molecule has 32 valence electrons. The Kier molecular flexibility index (Phi) is 104. The first-order valence-electron chi connectivity index (χ1n) is 0.612. The first kappa shape index (κ1) is 34.7. The van der Waals surface area contributed by atoms with Crippen molar-refractivity contribution < 1.29 is 20.5 Å². The maximum Gasteiger partial charge on any atom is 3.00 e. The summed E-state index contributed by atoms with van der Waals surface area (Å²) in [5.74, 6) is 0. The van der Waals surface area contributed by atoms with E-state index in [4.69, 9.17) is 15.0 Å². The van der Waals surface area contributed by atoms with Crippen molar-refractivity contribution in [1.82, 2.24) is 0 Å². The van der Waals surface area contributed by atoms with Gasteiger partial charge in [-0.1, -0.05) is 0 Å². The minimum absolute atomic E-state index is 0. The molecule has 0 aliphatic rings. The molecule has 0 saturated heterocycles. The van der Waals surface area contributed by atoms with E-state index < -0.39 is 6.16 Å². The predicted octanol–water partition coefficient (Wildman–Crippen LogP) is -3.71. The molecule has 0 bridgehead atoms. The van der Waals surface area contributed by atoms with Crippen molar-refractivity contribution in [2.75, 3.05) is 0 Å². The van der Waals surface area contributed by atoms with Crippen molar-refractivity contribution in [3.63, 3.8) is 0 Å². The molecule has 0 amide bonds. The Morgan fingerprint density at radius 1 is 1.12 bits per heavy atom. The fourth-order valence-corrected chi connectivity index (χ4v) is 0. The molecule has 0 aromatic heterocycles. The van der Waals surface area contributed by atoms with Gasteiger partial charge in [-0.2, -0.15) is 0 Å². The van der Waals surface area contributed by atoms with E-state index in [0.717, 1.165) is 0 Å². The third kappa shape index (κ3) is 172. The summed E-state index contributed by atoms with van der Waals surface area (Å²) in [6.45, 7) is 0. The van der Waals surface area contributed by atoms with Gasteiger partial charge in [0.15, 0.2) is 0 Å². The number of hydrogen-bond donors (Lipinski definition) is 0. The van der Waals surface area contributed by atoms with Gasteiger partial charge in [-0.15, -0.1) is 0 Å². The van der Waals surface area contributed by atoms with E-state index >= 15 is 0 Å². The Morgan fingerprint density at radius 2 is 1.12 bits per heavy atom. The summed E-state index contributed by atoms with van der Waals surface area (Å²) in [7, 11) is 0. The van der Waals surface area contributed by atoms with E-state index in [1.807, 2.05) is 0 Å². The molecule has 0 saturated carbocycles. The Morgan fingerprint density at radius 3 is 1.12 bits per heavy atom. The molecule has 0 aliphatic heterocycles. The third-order valence-electron chi connectivity index (χ3n) is 0.